The van der Waals surface area contributed by atoms with Crippen LogP contribution in [-0.4, -0.2) is 41.8 Å². The van der Waals surface area contributed by atoms with Crippen molar-refractivity contribution in [2.24, 2.45) is 0 Å². The molecule has 5 nitrogen and oxygen atoms in total. The van der Waals surface area contributed by atoms with Crippen molar-refractivity contribution in [3.8, 4) is 0 Å². The first-order valence-electron chi connectivity index (χ1n) is 6.66. The van der Waals surface area contributed by atoms with Gasteiger partial charge in [0.25, 0.3) is 5.91 Å². The number of carbonyl (C=O) groups excluding carboxylic acids is 2. The van der Waals surface area contributed by atoms with Crippen molar-refractivity contribution < 1.29 is 9.59 Å². The smallest absolute Gasteiger partial charge is 0.254 e. The number of halogens is 1. The standard InChI is InChI=1S/C14H20ClN3O2/c1-4-6-11-7-10(8-12(15)17-11)14(20)18(3)9-13(19)16-5-2/h7-8H,4-6,9H2,1-3H3,(H,16,19). The molecule has 0 bridgehead atoms. The van der Waals surface area contributed by atoms with Crippen molar-refractivity contribution in [2.45, 2.75) is 26.7 Å². The molecule has 1 rings (SSSR count). The van der Waals surface area contributed by atoms with E-state index in [1.54, 1.807) is 13.1 Å². The Bertz CT molecular complexity index is 491. The number of likely N-dealkylation sites (N-methyl/N-ethyl adjacent to an activating group) is 2. The maximum Gasteiger partial charge on any atom is 0.254 e. The van der Waals surface area contributed by atoms with Gasteiger partial charge in [-0.1, -0.05) is 24.9 Å². The maximum absolute atomic E-state index is 12.3. The fourth-order valence-electron chi connectivity index (χ4n) is 1.82. The molecule has 0 aliphatic heterocycles. The molecule has 0 aliphatic rings. The molecule has 0 saturated carbocycles. The predicted molar refractivity (Wildman–Crippen MR) is 78.9 cm³/mol. The molecule has 0 atom stereocenters. The minimum atomic E-state index is -0.238. The van der Waals surface area contributed by atoms with Crippen molar-refractivity contribution in [2.75, 3.05) is 20.1 Å². The Hall–Kier alpha value is -1.62. The molecule has 1 heterocycles. The average Bonchev–Trinajstić information content (AvgIpc) is 2.37. The van der Waals surface area contributed by atoms with Gasteiger partial charge >= 0.3 is 0 Å². The Morgan fingerprint density at radius 3 is 2.65 bits per heavy atom. The Morgan fingerprint density at radius 2 is 2.05 bits per heavy atom. The second kappa shape index (κ2) is 7.85. The Balaban J connectivity index is 2.82. The van der Waals surface area contributed by atoms with Gasteiger partial charge in [-0.3, -0.25) is 9.59 Å². The first-order chi connectivity index (χ1) is 9.47. The van der Waals surface area contributed by atoms with Gasteiger partial charge in [0.05, 0.1) is 6.54 Å². The lowest BCUT2D eigenvalue weighted by Crippen LogP contribution is -2.38. The first kappa shape index (κ1) is 16.4. The van der Waals surface area contributed by atoms with E-state index >= 15 is 0 Å². The predicted octanol–water partition coefficient (Wildman–Crippen LogP) is 1.90. The van der Waals surface area contributed by atoms with Crippen molar-refractivity contribution in [1.29, 1.82) is 0 Å². The Kier molecular flexibility index (Phi) is 6.45. The molecule has 1 aromatic rings. The SMILES string of the molecule is CCCc1cc(C(=O)N(C)CC(=O)NCC)cc(Cl)n1. The highest BCUT2D eigenvalue weighted by molar-refractivity contribution is 6.29. The van der Waals surface area contributed by atoms with Crippen LogP contribution in [0.25, 0.3) is 0 Å². The lowest BCUT2D eigenvalue weighted by Gasteiger charge is -2.17. The molecule has 0 spiro atoms. The van der Waals surface area contributed by atoms with E-state index in [0.29, 0.717) is 17.3 Å². The van der Waals surface area contributed by atoms with E-state index in [1.807, 2.05) is 13.8 Å². The molecule has 2 amide bonds. The number of hydrogen-bond donors (Lipinski definition) is 1. The third-order valence-corrected chi connectivity index (χ3v) is 2.90. The van der Waals surface area contributed by atoms with Crippen LogP contribution < -0.4 is 5.32 Å². The van der Waals surface area contributed by atoms with Gasteiger partial charge in [-0.25, -0.2) is 4.98 Å². The van der Waals surface area contributed by atoms with Crippen molar-refractivity contribution in [3.05, 3.63) is 28.5 Å². The van der Waals surface area contributed by atoms with Crippen LogP contribution in [0.3, 0.4) is 0 Å². The van der Waals surface area contributed by atoms with Gasteiger partial charge in [0, 0.05) is 24.8 Å². The summed E-state index contributed by atoms with van der Waals surface area (Å²) in [5.74, 6) is -0.421. The summed E-state index contributed by atoms with van der Waals surface area (Å²) >= 11 is 5.93. The van der Waals surface area contributed by atoms with Crippen molar-refractivity contribution in [1.82, 2.24) is 15.2 Å². The van der Waals surface area contributed by atoms with Crippen LogP contribution in [0.4, 0.5) is 0 Å². The topological polar surface area (TPSA) is 62.3 Å². The van der Waals surface area contributed by atoms with E-state index in [4.69, 9.17) is 11.6 Å². The van der Waals surface area contributed by atoms with E-state index in [2.05, 4.69) is 10.3 Å². The molecular weight excluding hydrogens is 278 g/mol. The maximum atomic E-state index is 12.3. The number of aromatic nitrogens is 1. The molecule has 0 aliphatic carbocycles. The minimum absolute atomic E-state index is 0.0235. The Morgan fingerprint density at radius 1 is 1.35 bits per heavy atom. The highest BCUT2D eigenvalue weighted by atomic mass is 35.5. The first-order valence-corrected chi connectivity index (χ1v) is 7.04. The van der Waals surface area contributed by atoms with Gasteiger partial charge in [-0.05, 0) is 25.5 Å². The molecule has 110 valence electrons. The molecule has 0 aromatic carbocycles. The number of amides is 2. The summed E-state index contributed by atoms with van der Waals surface area (Å²) in [5.41, 5.74) is 1.25. The number of nitrogens with one attached hydrogen (secondary N) is 1. The molecule has 20 heavy (non-hydrogen) atoms. The van der Waals surface area contributed by atoms with Gasteiger partial charge in [0.1, 0.15) is 5.15 Å². The molecule has 0 radical (unpaired) electrons. The van der Waals surface area contributed by atoms with E-state index in [0.717, 1.165) is 18.5 Å². The zero-order chi connectivity index (χ0) is 15.1. The second-order valence-electron chi connectivity index (χ2n) is 4.53. The normalized spacial score (nSPS) is 10.2. The summed E-state index contributed by atoms with van der Waals surface area (Å²) in [4.78, 5) is 29.3. The van der Waals surface area contributed by atoms with Gasteiger partial charge in [-0.15, -0.1) is 0 Å². The van der Waals surface area contributed by atoms with Crippen LogP contribution in [0.5, 0.6) is 0 Å². The average molecular weight is 298 g/mol. The molecular formula is C14H20ClN3O2. The number of nitrogens with zero attached hydrogens (tertiary/aromatic N) is 2. The summed E-state index contributed by atoms with van der Waals surface area (Å²) in [5, 5.41) is 2.95. The monoisotopic (exact) mass is 297 g/mol. The van der Waals surface area contributed by atoms with Crippen molar-refractivity contribution >= 4 is 23.4 Å². The van der Waals surface area contributed by atoms with Crippen LogP contribution in [-0.2, 0) is 11.2 Å². The zero-order valence-corrected chi connectivity index (χ0v) is 12.8. The molecule has 1 aromatic heterocycles. The van der Waals surface area contributed by atoms with E-state index in [1.165, 1.54) is 11.0 Å². The summed E-state index contributed by atoms with van der Waals surface area (Å²) in [6.07, 6.45) is 1.69. The number of aryl methyl sites for hydroxylation is 1. The van der Waals surface area contributed by atoms with Gasteiger partial charge < -0.3 is 10.2 Å². The van der Waals surface area contributed by atoms with E-state index in [9.17, 15) is 9.59 Å². The lowest BCUT2D eigenvalue weighted by molar-refractivity contribution is -0.121. The fraction of sp³-hybridized carbons (Fsp3) is 0.500. The molecule has 6 heteroatoms. The number of pyridine rings is 1. The third-order valence-electron chi connectivity index (χ3n) is 2.70. The third kappa shape index (κ3) is 4.81. The van der Waals surface area contributed by atoms with E-state index < -0.39 is 0 Å². The van der Waals surface area contributed by atoms with Gasteiger partial charge in [-0.2, -0.15) is 0 Å². The largest absolute Gasteiger partial charge is 0.355 e. The summed E-state index contributed by atoms with van der Waals surface area (Å²) in [7, 11) is 1.59. The Labute approximate surface area is 124 Å². The lowest BCUT2D eigenvalue weighted by atomic mass is 10.1. The van der Waals surface area contributed by atoms with Crippen LogP contribution in [0.1, 0.15) is 36.3 Å². The number of rotatable bonds is 6. The zero-order valence-electron chi connectivity index (χ0n) is 12.1. The number of carbonyl (C=O) groups is 2. The van der Waals surface area contributed by atoms with Crippen LogP contribution in [0.15, 0.2) is 12.1 Å². The van der Waals surface area contributed by atoms with Gasteiger partial charge in [0.15, 0.2) is 0 Å². The van der Waals surface area contributed by atoms with E-state index in [-0.39, 0.29) is 18.4 Å². The molecule has 0 unspecified atom stereocenters. The molecule has 1 N–H and O–H groups in total. The second-order valence-corrected chi connectivity index (χ2v) is 4.92. The number of hydrogen-bond acceptors (Lipinski definition) is 3. The van der Waals surface area contributed by atoms with Crippen molar-refractivity contribution in [3.63, 3.8) is 0 Å². The van der Waals surface area contributed by atoms with Crippen LogP contribution in [0.2, 0.25) is 5.15 Å². The molecule has 0 fully saturated rings. The highest BCUT2D eigenvalue weighted by Gasteiger charge is 2.16. The summed E-state index contributed by atoms with van der Waals surface area (Å²) < 4.78 is 0. The van der Waals surface area contributed by atoms with Crippen LogP contribution >= 0.6 is 11.6 Å². The van der Waals surface area contributed by atoms with Crippen LogP contribution in [0, 0.1) is 0 Å². The minimum Gasteiger partial charge on any atom is -0.355 e. The molecule has 0 saturated heterocycles. The quantitative estimate of drug-likeness (QED) is 0.816. The van der Waals surface area contributed by atoms with Gasteiger partial charge in [0.2, 0.25) is 5.91 Å². The fourth-order valence-corrected chi connectivity index (χ4v) is 2.05. The summed E-state index contributed by atoms with van der Waals surface area (Å²) in [6, 6.07) is 3.25. The summed E-state index contributed by atoms with van der Waals surface area (Å²) in [6.45, 7) is 4.43. The highest BCUT2D eigenvalue weighted by Crippen LogP contribution is 2.14.